The van der Waals surface area contributed by atoms with Crippen LogP contribution < -0.4 is 15.7 Å². The lowest BCUT2D eigenvalue weighted by molar-refractivity contribution is 0.587. The third-order valence-corrected chi connectivity index (χ3v) is 16.2. The summed E-state index contributed by atoms with van der Waals surface area (Å²) in [6, 6.07) is 51.1. The summed E-state index contributed by atoms with van der Waals surface area (Å²) in [4.78, 5) is 2.67. The molecule has 332 valence electrons. The van der Waals surface area contributed by atoms with Gasteiger partial charge in [-0.3, -0.25) is 0 Å². The molecule has 0 saturated heterocycles. The molecule has 0 radical (unpaired) electrons. The van der Waals surface area contributed by atoms with Gasteiger partial charge in [-0.25, -0.2) is 0 Å². The van der Waals surface area contributed by atoms with Crippen LogP contribution >= 0.6 is 0 Å². The van der Waals surface area contributed by atoms with Gasteiger partial charge in [0.25, 0.3) is 0 Å². The summed E-state index contributed by atoms with van der Waals surface area (Å²) >= 11 is 0. The number of fused-ring (bicyclic) bond motifs is 19. The number of aromatic nitrogens is 1. The fourth-order valence-electron chi connectivity index (χ4n) is 12.6. The highest BCUT2D eigenvalue weighted by Crippen LogP contribution is 2.55. The Hall–Kier alpha value is -6.98. The third-order valence-electron chi connectivity index (χ3n) is 16.2. The fraction of sp³-hybridized carbons (Fsp3) is 0.238. The van der Waals surface area contributed by atoms with E-state index in [0.717, 1.165) is 61.0 Å². The van der Waals surface area contributed by atoms with Crippen molar-refractivity contribution in [2.75, 3.05) is 4.81 Å². The number of furan rings is 2. The van der Waals surface area contributed by atoms with Crippen molar-refractivity contribution in [1.82, 2.24) is 4.57 Å². The molecule has 4 nitrogen and oxygen atoms in total. The van der Waals surface area contributed by atoms with Gasteiger partial charge in [-0.1, -0.05) is 155 Å². The zero-order chi connectivity index (χ0) is 46.7. The van der Waals surface area contributed by atoms with Gasteiger partial charge >= 0.3 is 6.85 Å². The van der Waals surface area contributed by atoms with Gasteiger partial charge in [0.1, 0.15) is 22.3 Å². The van der Waals surface area contributed by atoms with E-state index in [9.17, 15) is 0 Å². The molecule has 0 unspecified atom stereocenters. The minimum atomic E-state index is -0.195. The van der Waals surface area contributed by atoms with Crippen molar-refractivity contribution in [1.29, 1.82) is 0 Å². The van der Waals surface area contributed by atoms with Crippen molar-refractivity contribution < 1.29 is 8.83 Å². The zero-order valence-corrected chi connectivity index (χ0v) is 41.0. The zero-order valence-electron chi connectivity index (χ0n) is 41.0. The lowest BCUT2D eigenvalue weighted by atomic mass is 9.43. The molecule has 3 aromatic heterocycles. The van der Waals surface area contributed by atoms with Gasteiger partial charge in [0.2, 0.25) is 0 Å². The van der Waals surface area contributed by atoms with Crippen LogP contribution in [0.25, 0.3) is 93.6 Å². The number of nitrogens with zero attached hydrogens (tertiary/aromatic N) is 2. The van der Waals surface area contributed by atoms with E-state index in [1.54, 1.807) is 0 Å². The van der Waals surface area contributed by atoms with Crippen LogP contribution in [0.5, 0.6) is 0 Å². The Labute approximate surface area is 398 Å². The van der Waals surface area contributed by atoms with Crippen molar-refractivity contribution >= 4 is 94.8 Å². The number of hydrogen-bond acceptors (Lipinski definition) is 3. The van der Waals surface area contributed by atoms with Crippen molar-refractivity contribution in [2.45, 2.75) is 97.8 Å². The summed E-state index contributed by atoms with van der Waals surface area (Å²) in [5.74, 6) is 0. The van der Waals surface area contributed by atoms with Crippen LogP contribution in [0.15, 0.2) is 142 Å². The molecule has 2 aliphatic heterocycles. The Morgan fingerprint density at radius 2 is 1.16 bits per heavy atom. The monoisotopic (exact) mass is 882 g/mol. The molecule has 0 atom stereocenters. The van der Waals surface area contributed by atoms with Crippen LogP contribution in [0, 0.1) is 0 Å². The number of para-hydroxylation sites is 1. The SMILES string of the molecule is CC(C)(C)c1ccc(N2B3c4cc5c(cc4-n4c6ccc(C(C)(C)C)cc6c6c7c(oc8ccccc87)c(c3c64)-c3cc4oc6cc(C(C)(C)C)ccc6c4cc32)-c2ccccc2C5(C)C)cc1. The molecule has 8 aromatic carbocycles. The van der Waals surface area contributed by atoms with Gasteiger partial charge in [0.15, 0.2) is 0 Å². The quantitative estimate of drug-likeness (QED) is 0.154. The molecule has 0 spiro atoms. The van der Waals surface area contributed by atoms with Crippen LogP contribution in [0.3, 0.4) is 0 Å². The Kier molecular flexibility index (Phi) is 7.53. The first-order valence-electron chi connectivity index (χ1n) is 24.5. The fourth-order valence-corrected chi connectivity index (χ4v) is 12.6. The standard InChI is InChI=1S/C63H55BN2O2/c1-60(2,3)34-20-24-37(25-21-34)66-49-31-42-39-26-22-36(62(7,8)9)29-52(39)67-53(42)32-44(49)56-57-58-54(55-40-17-13-15-19-51(40)68-59(55)56)43-28-35(61(4,5)6)23-27-48(43)65(58)50-30-41-38-16-12-14-18-45(38)63(10,11)46(41)33-47(50)64(57)66/h12-33H,1-11H3. The predicted octanol–water partition coefficient (Wildman–Crippen LogP) is 16.0. The number of anilines is 2. The summed E-state index contributed by atoms with van der Waals surface area (Å²) in [6.07, 6.45) is 0. The average molecular weight is 883 g/mol. The van der Waals surface area contributed by atoms with Gasteiger partial charge in [0, 0.05) is 65.9 Å². The smallest absolute Gasteiger partial charge is 0.333 e. The summed E-state index contributed by atoms with van der Waals surface area (Å²) in [7, 11) is 0. The van der Waals surface area contributed by atoms with E-state index in [-0.39, 0.29) is 28.5 Å². The first-order chi connectivity index (χ1) is 32.4. The highest BCUT2D eigenvalue weighted by molar-refractivity contribution is 6.94. The number of rotatable bonds is 1. The molecule has 0 fully saturated rings. The van der Waals surface area contributed by atoms with Crippen molar-refractivity contribution in [2.24, 2.45) is 0 Å². The highest BCUT2D eigenvalue weighted by Gasteiger charge is 2.48. The van der Waals surface area contributed by atoms with Crippen LogP contribution in [0.1, 0.15) is 104 Å². The molecule has 0 N–H and O–H groups in total. The normalized spacial score (nSPS) is 15.0. The maximum atomic E-state index is 7.34. The second-order valence-corrected chi connectivity index (χ2v) is 23.8. The topological polar surface area (TPSA) is 34.5 Å². The molecular weight excluding hydrogens is 828 g/mol. The van der Waals surface area contributed by atoms with E-state index in [4.69, 9.17) is 8.83 Å². The lowest BCUT2D eigenvalue weighted by Crippen LogP contribution is -2.60. The van der Waals surface area contributed by atoms with E-state index >= 15 is 0 Å². The first kappa shape index (κ1) is 40.1. The molecule has 3 aliphatic rings. The molecule has 5 heterocycles. The maximum absolute atomic E-state index is 7.34. The van der Waals surface area contributed by atoms with E-state index in [1.165, 1.54) is 82.7 Å². The van der Waals surface area contributed by atoms with Crippen molar-refractivity contribution in [3.63, 3.8) is 0 Å². The first-order valence-corrected chi connectivity index (χ1v) is 24.5. The van der Waals surface area contributed by atoms with Gasteiger partial charge in [-0.05, 0) is 121 Å². The number of hydrogen-bond donors (Lipinski definition) is 0. The Morgan fingerprint density at radius 3 is 1.93 bits per heavy atom. The molecular formula is C63H55BN2O2. The summed E-state index contributed by atoms with van der Waals surface area (Å²) in [5, 5.41) is 7.07. The summed E-state index contributed by atoms with van der Waals surface area (Å²) in [5.41, 5.74) is 23.5. The lowest BCUT2D eigenvalue weighted by Gasteiger charge is -2.42. The van der Waals surface area contributed by atoms with E-state index < -0.39 is 0 Å². The summed E-state index contributed by atoms with van der Waals surface area (Å²) in [6.45, 7) is 25.3. The molecule has 1 aliphatic carbocycles. The van der Waals surface area contributed by atoms with Gasteiger partial charge in [-0.15, -0.1) is 0 Å². The predicted molar refractivity (Wildman–Crippen MR) is 288 cm³/mol. The summed E-state index contributed by atoms with van der Waals surface area (Å²) < 4.78 is 17.0. The minimum Gasteiger partial charge on any atom is -0.456 e. The molecule has 14 rings (SSSR count). The van der Waals surface area contributed by atoms with Crippen LogP contribution in [-0.2, 0) is 21.7 Å². The Morgan fingerprint density at radius 1 is 0.485 bits per heavy atom. The van der Waals surface area contributed by atoms with Gasteiger partial charge < -0.3 is 18.2 Å². The second kappa shape index (κ2) is 12.8. The second-order valence-electron chi connectivity index (χ2n) is 23.8. The maximum Gasteiger partial charge on any atom is 0.333 e. The average Bonchev–Trinajstić information content (AvgIpc) is 4.02. The van der Waals surface area contributed by atoms with Gasteiger partial charge in [-0.2, -0.15) is 0 Å². The van der Waals surface area contributed by atoms with Crippen LogP contribution in [0.2, 0.25) is 0 Å². The van der Waals surface area contributed by atoms with Crippen LogP contribution in [-0.4, -0.2) is 11.4 Å². The third kappa shape index (κ3) is 5.12. The Balaban J connectivity index is 1.21. The largest absolute Gasteiger partial charge is 0.456 e. The van der Waals surface area contributed by atoms with E-state index in [1.807, 2.05) is 0 Å². The molecule has 11 aromatic rings. The van der Waals surface area contributed by atoms with Crippen molar-refractivity contribution in [3.8, 4) is 27.9 Å². The highest BCUT2D eigenvalue weighted by atomic mass is 16.3. The molecule has 68 heavy (non-hydrogen) atoms. The minimum absolute atomic E-state index is 0.00318. The van der Waals surface area contributed by atoms with Crippen LogP contribution in [0.4, 0.5) is 11.4 Å². The van der Waals surface area contributed by atoms with E-state index in [2.05, 4.69) is 219 Å². The number of benzene rings is 8. The Bertz CT molecular complexity index is 4060. The van der Waals surface area contributed by atoms with Gasteiger partial charge in [0.05, 0.1) is 11.0 Å². The molecule has 5 heteroatoms. The molecule has 0 amide bonds. The van der Waals surface area contributed by atoms with Crippen molar-refractivity contribution in [3.05, 3.63) is 161 Å². The van der Waals surface area contributed by atoms with E-state index in [0.29, 0.717) is 0 Å². The molecule has 0 bridgehead atoms. The molecule has 0 saturated carbocycles.